The SMILES string of the molecule is C=C/C(O)=C(\C=C/C)N1CCN(CCN(C(=O)C2CCC(CF)CC2)c2ccccn2)CC1. The molecule has 1 N–H and O–H groups in total. The average Bonchev–Trinajstić information content (AvgIpc) is 2.88. The number of aromatic nitrogens is 1. The lowest BCUT2D eigenvalue weighted by Gasteiger charge is -2.38. The largest absolute Gasteiger partial charge is 0.506 e. The second-order valence-corrected chi connectivity index (χ2v) is 8.85. The average molecular weight is 457 g/mol. The Balaban J connectivity index is 1.60. The van der Waals surface area contributed by atoms with Gasteiger partial charge in [-0.05, 0) is 62.8 Å². The first-order chi connectivity index (χ1) is 16.1. The third kappa shape index (κ3) is 6.67. The lowest BCUT2D eigenvalue weighted by Crippen LogP contribution is -2.49. The van der Waals surface area contributed by atoms with Crippen molar-refractivity contribution in [2.45, 2.75) is 32.6 Å². The number of carbonyl (C=O) groups excluding carboxylic acids is 1. The van der Waals surface area contributed by atoms with E-state index in [-0.39, 0.29) is 30.2 Å². The summed E-state index contributed by atoms with van der Waals surface area (Å²) >= 11 is 0. The van der Waals surface area contributed by atoms with Gasteiger partial charge in [-0.1, -0.05) is 18.7 Å². The molecular weight excluding hydrogens is 419 g/mol. The van der Waals surface area contributed by atoms with Crippen molar-refractivity contribution in [3.8, 4) is 0 Å². The highest BCUT2D eigenvalue weighted by atomic mass is 19.1. The Kier molecular flexibility index (Phi) is 9.48. The van der Waals surface area contributed by atoms with E-state index in [1.807, 2.05) is 42.2 Å². The topological polar surface area (TPSA) is 59.9 Å². The highest BCUT2D eigenvalue weighted by molar-refractivity contribution is 5.94. The van der Waals surface area contributed by atoms with Gasteiger partial charge in [0.25, 0.3) is 0 Å². The Bertz CT molecular complexity index is 826. The van der Waals surface area contributed by atoms with E-state index in [9.17, 15) is 14.3 Å². The van der Waals surface area contributed by atoms with Crippen LogP contribution in [0.4, 0.5) is 10.2 Å². The smallest absolute Gasteiger partial charge is 0.231 e. The highest BCUT2D eigenvalue weighted by Crippen LogP contribution is 2.31. The summed E-state index contributed by atoms with van der Waals surface area (Å²) in [6.07, 6.45) is 10.1. The lowest BCUT2D eigenvalue weighted by atomic mass is 9.82. The molecule has 1 aliphatic carbocycles. The molecule has 6 nitrogen and oxygen atoms in total. The molecule has 0 bridgehead atoms. The van der Waals surface area contributed by atoms with Crippen molar-refractivity contribution in [1.29, 1.82) is 0 Å². The highest BCUT2D eigenvalue weighted by Gasteiger charge is 2.31. The van der Waals surface area contributed by atoms with Gasteiger partial charge in [0, 0.05) is 51.4 Å². The molecule has 1 aliphatic heterocycles. The number of hydrogen-bond donors (Lipinski definition) is 1. The van der Waals surface area contributed by atoms with Gasteiger partial charge in [-0.3, -0.25) is 19.0 Å². The van der Waals surface area contributed by atoms with Crippen molar-refractivity contribution in [2.24, 2.45) is 11.8 Å². The predicted octanol–water partition coefficient (Wildman–Crippen LogP) is 4.34. The first kappa shape index (κ1) is 25.0. The van der Waals surface area contributed by atoms with Crippen LogP contribution >= 0.6 is 0 Å². The van der Waals surface area contributed by atoms with Crippen molar-refractivity contribution < 1.29 is 14.3 Å². The summed E-state index contributed by atoms with van der Waals surface area (Å²) in [7, 11) is 0. The number of hydrogen-bond acceptors (Lipinski definition) is 5. The van der Waals surface area contributed by atoms with Gasteiger partial charge < -0.3 is 10.0 Å². The molecule has 1 aromatic heterocycles. The maximum absolute atomic E-state index is 13.4. The molecule has 33 heavy (non-hydrogen) atoms. The van der Waals surface area contributed by atoms with Crippen LogP contribution in [0, 0.1) is 11.8 Å². The fourth-order valence-corrected chi connectivity index (χ4v) is 4.70. The van der Waals surface area contributed by atoms with Gasteiger partial charge in [0.15, 0.2) is 0 Å². The number of rotatable bonds is 9. The summed E-state index contributed by atoms with van der Waals surface area (Å²) in [6, 6.07) is 5.64. The molecule has 2 heterocycles. The van der Waals surface area contributed by atoms with E-state index < -0.39 is 0 Å². The number of anilines is 1. The van der Waals surface area contributed by atoms with Crippen molar-refractivity contribution in [2.75, 3.05) is 50.8 Å². The number of halogens is 1. The van der Waals surface area contributed by atoms with E-state index in [2.05, 4.69) is 21.4 Å². The quantitative estimate of drug-likeness (QED) is 0.443. The van der Waals surface area contributed by atoms with E-state index in [1.54, 1.807) is 6.20 Å². The van der Waals surface area contributed by atoms with Crippen LogP contribution in [0.5, 0.6) is 0 Å². The molecule has 1 saturated carbocycles. The van der Waals surface area contributed by atoms with Gasteiger partial charge in [0.1, 0.15) is 11.6 Å². The standard InChI is InChI=1S/C26H37FN4O2/c1-3-7-23(24(32)4-2)30-17-14-29(15-18-30)16-19-31(25-8-5-6-13-28-25)26(33)22-11-9-21(20-27)10-12-22/h3-8,13,21-22,32H,2,9-12,14-20H2,1H3/b7-3-,24-23-. The van der Waals surface area contributed by atoms with Gasteiger partial charge >= 0.3 is 0 Å². The first-order valence-corrected chi connectivity index (χ1v) is 12.0. The molecule has 0 spiro atoms. The van der Waals surface area contributed by atoms with E-state index in [0.717, 1.165) is 64.1 Å². The number of nitrogens with zero attached hydrogens (tertiary/aromatic N) is 4. The van der Waals surface area contributed by atoms with Crippen LogP contribution in [0.15, 0.2) is 60.7 Å². The van der Waals surface area contributed by atoms with Crippen LogP contribution in [0.1, 0.15) is 32.6 Å². The van der Waals surface area contributed by atoms with Crippen LogP contribution in [0.2, 0.25) is 0 Å². The van der Waals surface area contributed by atoms with Gasteiger partial charge in [0.05, 0.1) is 12.4 Å². The predicted molar refractivity (Wildman–Crippen MR) is 131 cm³/mol. The summed E-state index contributed by atoms with van der Waals surface area (Å²) in [4.78, 5) is 24.2. The minimum absolute atomic E-state index is 0.0536. The summed E-state index contributed by atoms with van der Waals surface area (Å²) < 4.78 is 13.0. The zero-order valence-electron chi connectivity index (χ0n) is 19.7. The normalized spacial score (nSPS) is 22.8. The van der Waals surface area contributed by atoms with E-state index in [1.165, 1.54) is 6.08 Å². The monoisotopic (exact) mass is 456 g/mol. The Morgan fingerprint density at radius 1 is 1.24 bits per heavy atom. The maximum Gasteiger partial charge on any atom is 0.231 e. The van der Waals surface area contributed by atoms with E-state index >= 15 is 0 Å². The molecule has 1 aromatic rings. The van der Waals surface area contributed by atoms with Crippen molar-refractivity contribution in [3.63, 3.8) is 0 Å². The molecule has 7 heteroatoms. The molecule has 1 amide bonds. The number of aliphatic hydroxyl groups is 1. The molecule has 1 saturated heterocycles. The second kappa shape index (κ2) is 12.5. The van der Waals surface area contributed by atoms with E-state index in [0.29, 0.717) is 12.4 Å². The molecule has 2 aliphatic rings. The number of pyridine rings is 1. The Labute approximate surface area is 197 Å². The second-order valence-electron chi connectivity index (χ2n) is 8.85. The van der Waals surface area contributed by atoms with E-state index in [4.69, 9.17) is 0 Å². The van der Waals surface area contributed by atoms with Crippen LogP contribution in [-0.4, -0.2) is 71.7 Å². The fraction of sp³-hybridized carbons (Fsp3) is 0.538. The zero-order chi connectivity index (χ0) is 23.6. The summed E-state index contributed by atoms with van der Waals surface area (Å²) in [5.41, 5.74) is 0.793. The first-order valence-electron chi connectivity index (χ1n) is 12.0. The number of piperazine rings is 1. The maximum atomic E-state index is 13.4. The van der Waals surface area contributed by atoms with Crippen molar-refractivity contribution in [3.05, 3.63) is 60.7 Å². The number of carbonyl (C=O) groups is 1. The Morgan fingerprint density at radius 2 is 1.97 bits per heavy atom. The van der Waals surface area contributed by atoms with Gasteiger partial charge in [-0.15, -0.1) is 0 Å². The van der Waals surface area contributed by atoms with Crippen LogP contribution in [-0.2, 0) is 4.79 Å². The summed E-state index contributed by atoms with van der Waals surface area (Å²) in [6.45, 7) is 9.93. The number of allylic oxidation sites excluding steroid dienone is 3. The molecule has 0 atom stereocenters. The molecule has 0 unspecified atom stereocenters. The van der Waals surface area contributed by atoms with Crippen molar-refractivity contribution in [1.82, 2.24) is 14.8 Å². The van der Waals surface area contributed by atoms with Crippen LogP contribution in [0.25, 0.3) is 0 Å². The number of amides is 1. The van der Waals surface area contributed by atoms with Gasteiger partial charge in [-0.2, -0.15) is 0 Å². The molecule has 0 radical (unpaired) electrons. The third-order valence-electron chi connectivity index (χ3n) is 6.74. The molecular formula is C26H37FN4O2. The van der Waals surface area contributed by atoms with Crippen LogP contribution in [0.3, 0.4) is 0 Å². The zero-order valence-corrected chi connectivity index (χ0v) is 19.7. The number of alkyl halides is 1. The Morgan fingerprint density at radius 3 is 2.55 bits per heavy atom. The molecule has 0 aromatic carbocycles. The Hall–Kier alpha value is -2.67. The fourth-order valence-electron chi connectivity index (χ4n) is 4.70. The van der Waals surface area contributed by atoms with Crippen LogP contribution < -0.4 is 4.90 Å². The molecule has 3 rings (SSSR count). The minimum Gasteiger partial charge on any atom is -0.506 e. The summed E-state index contributed by atoms with van der Waals surface area (Å²) in [5, 5.41) is 10.2. The molecule has 180 valence electrons. The lowest BCUT2D eigenvalue weighted by molar-refractivity contribution is -0.123. The summed E-state index contributed by atoms with van der Waals surface area (Å²) in [5.74, 6) is 1.04. The number of aliphatic hydroxyl groups excluding tert-OH is 1. The van der Waals surface area contributed by atoms with Gasteiger partial charge in [-0.25, -0.2) is 4.98 Å². The van der Waals surface area contributed by atoms with Gasteiger partial charge in [0.2, 0.25) is 5.91 Å². The third-order valence-corrected chi connectivity index (χ3v) is 6.74. The van der Waals surface area contributed by atoms with Crippen molar-refractivity contribution >= 4 is 11.7 Å². The minimum atomic E-state index is -0.285. The molecule has 2 fully saturated rings.